The van der Waals surface area contributed by atoms with Gasteiger partial charge in [0.05, 0.1) is 17.3 Å². The van der Waals surface area contributed by atoms with E-state index < -0.39 is 11.5 Å². The molecule has 0 aliphatic heterocycles. The first-order valence-electron chi connectivity index (χ1n) is 11.4. The molecule has 3 unspecified atom stereocenters. The number of aliphatic hydroxyl groups is 1. The van der Waals surface area contributed by atoms with Crippen LogP contribution in [0, 0.1) is 0 Å². The van der Waals surface area contributed by atoms with Crippen LogP contribution in [0.1, 0.15) is 36.8 Å². The predicted octanol–water partition coefficient (Wildman–Crippen LogP) is 5.58. The van der Waals surface area contributed by atoms with Gasteiger partial charge in [-0.15, -0.1) is 0 Å². The topological polar surface area (TPSA) is 50.2 Å². The zero-order valence-corrected chi connectivity index (χ0v) is 17.7. The molecule has 3 aliphatic rings. The summed E-state index contributed by atoms with van der Waals surface area (Å²) in [4.78, 5) is 18.4. The van der Waals surface area contributed by atoms with Crippen molar-refractivity contribution in [1.82, 2.24) is 4.98 Å². The van der Waals surface area contributed by atoms with Gasteiger partial charge in [-0.25, -0.2) is 4.98 Å². The van der Waals surface area contributed by atoms with E-state index in [2.05, 4.69) is 66.7 Å². The molecule has 3 atom stereocenters. The Hall–Kier alpha value is -3.30. The van der Waals surface area contributed by atoms with E-state index in [1.807, 2.05) is 12.1 Å². The third kappa shape index (κ3) is 2.10. The van der Waals surface area contributed by atoms with Crippen LogP contribution in [0.25, 0.3) is 33.3 Å². The first-order chi connectivity index (χ1) is 15.6. The van der Waals surface area contributed by atoms with Crippen molar-refractivity contribution < 1.29 is 9.90 Å². The van der Waals surface area contributed by atoms with E-state index in [4.69, 9.17) is 4.98 Å². The minimum absolute atomic E-state index is 0.298. The van der Waals surface area contributed by atoms with E-state index in [-0.39, 0.29) is 5.41 Å². The Bertz CT molecular complexity index is 1430. The van der Waals surface area contributed by atoms with E-state index in [0.717, 1.165) is 27.7 Å². The van der Waals surface area contributed by atoms with Crippen LogP contribution in [0.3, 0.4) is 0 Å². The average Bonchev–Trinajstić information content (AvgIpc) is 3.26. The Morgan fingerprint density at radius 1 is 0.812 bits per heavy atom. The second kappa shape index (κ2) is 6.14. The lowest BCUT2D eigenvalue weighted by molar-refractivity contribution is -0.118. The molecule has 2 saturated carbocycles. The summed E-state index contributed by atoms with van der Waals surface area (Å²) < 4.78 is 0. The number of hydrogen-bond donors (Lipinski definition) is 1. The number of aromatic nitrogens is 1. The molecule has 2 fully saturated rings. The fourth-order valence-corrected chi connectivity index (χ4v) is 7.26. The number of pyridine rings is 1. The van der Waals surface area contributed by atoms with Gasteiger partial charge in [-0.3, -0.25) is 4.79 Å². The molecule has 0 radical (unpaired) electrons. The van der Waals surface area contributed by atoms with Crippen molar-refractivity contribution in [3.63, 3.8) is 0 Å². The summed E-state index contributed by atoms with van der Waals surface area (Å²) in [5, 5.41) is 12.1. The van der Waals surface area contributed by atoms with Gasteiger partial charge in [0.15, 0.2) is 0 Å². The zero-order chi connectivity index (χ0) is 21.5. The van der Waals surface area contributed by atoms with Crippen LogP contribution in [0.15, 0.2) is 78.9 Å². The van der Waals surface area contributed by atoms with Gasteiger partial charge in [-0.05, 0) is 41.2 Å². The Labute approximate surface area is 186 Å². The fraction of sp³-hybridized carbons (Fsp3) is 0.241. The molecule has 156 valence electrons. The maximum Gasteiger partial charge on any atom is 0.134 e. The van der Waals surface area contributed by atoms with Gasteiger partial charge in [0.2, 0.25) is 0 Å². The molecule has 1 aromatic heterocycles. The van der Waals surface area contributed by atoms with Crippen LogP contribution in [0.2, 0.25) is 0 Å². The minimum Gasteiger partial charge on any atom is -0.393 e. The van der Waals surface area contributed by atoms with Gasteiger partial charge in [0.1, 0.15) is 5.78 Å². The lowest BCUT2D eigenvalue weighted by Gasteiger charge is -2.47. The standard InChI is InChI=1S/C29H23NO2/c31-19-14-28-15-20(32)17-29(28,16-19)26-25(18-8-2-1-3-9-18)22-11-5-7-13-24(22)30-27(26)21-10-4-6-12-23(21)28/h1-13,19,31H,14-17H2. The largest absolute Gasteiger partial charge is 0.393 e. The normalized spacial score (nSPS) is 27.7. The van der Waals surface area contributed by atoms with Gasteiger partial charge in [0.25, 0.3) is 0 Å². The van der Waals surface area contributed by atoms with Crippen LogP contribution < -0.4 is 0 Å². The minimum atomic E-state index is -0.421. The number of ketones is 1. The summed E-state index contributed by atoms with van der Waals surface area (Å²) in [6.45, 7) is 0. The predicted molar refractivity (Wildman–Crippen MR) is 125 cm³/mol. The second-order valence-corrected chi connectivity index (χ2v) is 9.76. The van der Waals surface area contributed by atoms with Crippen LogP contribution in [0.4, 0.5) is 0 Å². The summed E-state index contributed by atoms with van der Waals surface area (Å²) in [5.41, 5.74) is 6.96. The van der Waals surface area contributed by atoms with Crippen molar-refractivity contribution in [1.29, 1.82) is 0 Å². The van der Waals surface area contributed by atoms with Crippen molar-refractivity contribution in [3.05, 3.63) is 90.0 Å². The number of benzene rings is 3. The van der Waals surface area contributed by atoms with E-state index in [1.54, 1.807) is 0 Å². The monoisotopic (exact) mass is 417 g/mol. The lowest BCUT2D eigenvalue weighted by atomic mass is 9.55. The average molecular weight is 418 g/mol. The van der Waals surface area contributed by atoms with E-state index in [9.17, 15) is 9.90 Å². The Morgan fingerprint density at radius 3 is 2.38 bits per heavy atom. The fourth-order valence-electron chi connectivity index (χ4n) is 7.26. The van der Waals surface area contributed by atoms with Gasteiger partial charge in [-0.2, -0.15) is 0 Å². The molecule has 0 saturated heterocycles. The number of hydrogen-bond acceptors (Lipinski definition) is 3. The Kier molecular flexibility index (Phi) is 3.51. The van der Waals surface area contributed by atoms with Gasteiger partial charge < -0.3 is 5.11 Å². The molecular formula is C29H23NO2. The summed E-state index contributed by atoms with van der Waals surface area (Å²) in [5.74, 6) is 0.298. The van der Waals surface area contributed by atoms with Crippen molar-refractivity contribution >= 4 is 16.7 Å². The molecule has 0 bridgehead atoms. The summed E-state index contributed by atoms with van der Waals surface area (Å²) >= 11 is 0. The van der Waals surface area contributed by atoms with Crippen molar-refractivity contribution in [2.75, 3.05) is 0 Å². The maximum atomic E-state index is 13.1. The summed E-state index contributed by atoms with van der Waals surface area (Å²) in [6, 6.07) is 27.3. The first kappa shape index (κ1) is 18.3. The molecule has 3 heteroatoms. The number of rotatable bonds is 1. The quantitative estimate of drug-likeness (QED) is 0.440. The Morgan fingerprint density at radius 2 is 1.50 bits per heavy atom. The number of Topliss-reactive ketones (excluding diaryl/α,β-unsaturated/α-hetero) is 1. The molecule has 32 heavy (non-hydrogen) atoms. The molecule has 7 rings (SSSR count). The number of aliphatic hydroxyl groups excluding tert-OH is 1. The summed E-state index contributed by atoms with van der Waals surface area (Å²) in [6.07, 6.45) is 1.81. The number of carbonyl (C=O) groups excluding carboxylic acids is 1. The molecule has 1 N–H and O–H groups in total. The maximum absolute atomic E-state index is 13.1. The highest BCUT2D eigenvalue weighted by Gasteiger charge is 2.68. The first-order valence-corrected chi connectivity index (χ1v) is 11.4. The smallest absolute Gasteiger partial charge is 0.134 e. The lowest BCUT2D eigenvalue weighted by Crippen LogP contribution is -2.44. The highest BCUT2D eigenvalue weighted by atomic mass is 16.3. The molecule has 3 aromatic carbocycles. The second-order valence-electron chi connectivity index (χ2n) is 9.76. The van der Waals surface area contributed by atoms with E-state index >= 15 is 0 Å². The van der Waals surface area contributed by atoms with Crippen LogP contribution >= 0.6 is 0 Å². The molecular weight excluding hydrogens is 394 g/mol. The number of fused-ring (bicyclic) bond motifs is 4. The van der Waals surface area contributed by atoms with Crippen LogP contribution in [-0.4, -0.2) is 22.0 Å². The van der Waals surface area contributed by atoms with E-state index in [1.165, 1.54) is 16.7 Å². The SMILES string of the molecule is O=C1CC23CC(O)CC2(C1)c1c(nc2ccccc2c1-c1ccccc1)-c1ccccc13. The number of para-hydroxylation sites is 1. The highest BCUT2D eigenvalue weighted by Crippen LogP contribution is 2.69. The van der Waals surface area contributed by atoms with Gasteiger partial charge in [0, 0.05) is 34.6 Å². The van der Waals surface area contributed by atoms with Crippen molar-refractivity contribution in [2.45, 2.75) is 42.6 Å². The molecule has 3 aliphatic carbocycles. The van der Waals surface area contributed by atoms with Crippen molar-refractivity contribution in [3.8, 4) is 22.4 Å². The molecule has 4 aromatic rings. The Balaban J connectivity index is 1.72. The molecule has 0 amide bonds. The number of nitrogens with zero attached hydrogens (tertiary/aromatic N) is 1. The zero-order valence-electron chi connectivity index (χ0n) is 17.7. The third-order valence-corrected chi connectivity index (χ3v) is 8.21. The number of carbonyl (C=O) groups is 1. The van der Waals surface area contributed by atoms with Crippen LogP contribution in [0.5, 0.6) is 0 Å². The summed E-state index contributed by atoms with van der Waals surface area (Å²) in [7, 11) is 0. The van der Waals surface area contributed by atoms with Crippen molar-refractivity contribution in [2.24, 2.45) is 0 Å². The molecule has 3 nitrogen and oxygen atoms in total. The highest BCUT2D eigenvalue weighted by molar-refractivity contribution is 6.03. The van der Waals surface area contributed by atoms with E-state index in [0.29, 0.717) is 31.5 Å². The molecule has 1 heterocycles. The molecule has 0 spiro atoms. The third-order valence-electron chi connectivity index (χ3n) is 8.21. The van der Waals surface area contributed by atoms with Gasteiger partial charge in [-0.1, -0.05) is 72.8 Å². The van der Waals surface area contributed by atoms with Gasteiger partial charge >= 0.3 is 0 Å². The van der Waals surface area contributed by atoms with Crippen LogP contribution in [-0.2, 0) is 15.6 Å².